The van der Waals surface area contributed by atoms with E-state index < -0.39 is 90.0 Å². The molecule has 7 saturated heterocycles. The lowest BCUT2D eigenvalue weighted by molar-refractivity contribution is -0.582. The highest BCUT2D eigenvalue weighted by atomic mass is 19.4. The molecule has 0 aromatic carbocycles. The summed E-state index contributed by atoms with van der Waals surface area (Å²) < 4.78 is 119. The number of nitrogens with zero attached hydrogens (tertiary/aromatic N) is 1. The van der Waals surface area contributed by atoms with Gasteiger partial charge in [0.25, 0.3) is 5.72 Å². The fourth-order valence-electron chi connectivity index (χ4n) is 10.3. The average molecular weight is 698 g/mol. The number of fused-ring (bicyclic) bond motifs is 4. The molecule has 10 rings (SSSR count). The average Bonchev–Trinajstić information content (AvgIpc) is 3.42. The van der Waals surface area contributed by atoms with Gasteiger partial charge >= 0.3 is 12.4 Å². The Kier molecular flexibility index (Phi) is 7.60. The number of alkyl halides is 6. The number of aliphatic imine (C=N–C) groups is 1. The topological polar surface area (TPSA) is 95.4 Å². The molecule has 4 bridgehead atoms. The molecule has 2 saturated carbocycles. The van der Waals surface area contributed by atoms with Crippen molar-refractivity contribution < 1.29 is 69.6 Å². The Bertz CT molecular complexity index is 1380. The highest BCUT2D eigenvalue weighted by molar-refractivity contribution is 5.74. The van der Waals surface area contributed by atoms with Crippen LogP contribution in [0.2, 0.25) is 0 Å². The Morgan fingerprint density at radius 2 is 1.67 bits per heavy atom. The van der Waals surface area contributed by atoms with E-state index in [0.29, 0.717) is 44.9 Å². The minimum atomic E-state index is -5.05. The second kappa shape index (κ2) is 10.9. The summed E-state index contributed by atoms with van der Waals surface area (Å²) in [6.45, 7) is 5.45. The summed E-state index contributed by atoms with van der Waals surface area (Å²) in [6, 6.07) is 0. The van der Waals surface area contributed by atoms with Crippen LogP contribution in [0.25, 0.3) is 0 Å². The second-order valence-corrected chi connectivity index (χ2v) is 15.1. The summed E-state index contributed by atoms with van der Waals surface area (Å²) in [6.07, 6.45) is -8.97. The highest BCUT2D eigenvalue weighted by Gasteiger charge is 2.76. The van der Waals surface area contributed by atoms with Crippen molar-refractivity contribution in [3.8, 4) is 0 Å². The minimum absolute atomic E-state index is 0.0756. The van der Waals surface area contributed by atoms with E-state index in [-0.39, 0.29) is 29.7 Å². The van der Waals surface area contributed by atoms with Crippen molar-refractivity contribution in [3.05, 3.63) is 11.3 Å². The van der Waals surface area contributed by atoms with E-state index in [1.54, 1.807) is 6.92 Å². The van der Waals surface area contributed by atoms with E-state index in [2.05, 4.69) is 4.99 Å². The third-order valence-corrected chi connectivity index (χ3v) is 12.6. The number of rotatable bonds is 3. The van der Waals surface area contributed by atoms with Crippen LogP contribution in [0.1, 0.15) is 85.5 Å². The van der Waals surface area contributed by atoms with Gasteiger partial charge in [0.2, 0.25) is 17.8 Å². The number of allylic oxidation sites excluding steroid dienone is 1. The molecule has 2 spiro atoms. The second-order valence-electron chi connectivity index (χ2n) is 15.1. The van der Waals surface area contributed by atoms with Crippen molar-refractivity contribution in [3.63, 3.8) is 0 Å². The first-order valence-electron chi connectivity index (χ1n) is 17.0. The van der Waals surface area contributed by atoms with Crippen molar-refractivity contribution in [1.82, 2.24) is 0 Å². The zero-order chi connectivity index (χ0) is 34.1. The molecule has 9 fully saturated rings. The fraction of sp³-hybridized carbons (Fsp3) is 0.906. The van der Waals surface area contributed by atoms with Gasteiger partial charge in [-0.2, -0.15) is 26.3 Å². The Morgan fingerprint density at radius 3 is 2.42 bits per heavy atom. The Balaban J connectivity index is 1.14. The van der Waals surface area contributed by atoms with Crippen molar-refractivity contribution >= 4 is 5.90 Å². The van der Waals surface area contributed by atoms with Crippen LogP contribution < -0.4 is 0 Å². The Labute approximate surface area is 273 Å². The maximum absolute atomic E-state index is 15.3. The normalized spacial score (nSPS) is 50.2. The van der Waals surface area contributed by atoms with E-state index in [0.717, 1.165) is 6.42 Å². The first-order valence-corrected chi connectivity index (χ1v) is 17.0. The van der Waals surface area contributed by atoms with E-state index in [1.807, 2.05) is 6.92 Å². The molecule has 48 heavy (non-hydrogen) atoms. The SMILES string of the molecule is C/C(=N/[C@@]1(C(F)(F)F)O[C@@H]2O[C@@]3(C)CCC4CCC[C@@H]([C@H]1C)C42OO3)OCC1=C(C(F)(F)F)O[C@@H]2O[C@H]3CCC4[C@H](C)CC[C@@H]1[C@]42OO3. The monoisotopic (exact) mass is 697 g/mol. The lowest BCUT2D eigenvalue weighted by Crippen LogP contribution is -2.74. The third-order valence-electron chi connectivity index (χ3n) is 12.6. The van der Waals surface area contributed by atoms with Gasteiger partial charge < -0.3 is 23.7 Å². The molecule has 10 nitrogen and oxygen atoms in total. The van der Waals surface area contributed by atoms with Crippen LogP contribution in [0, 0.1) is 35.5 Å². The molecular formula is C32H41F6NO9. The van der Waals surface area contributed by atoms with Crippen molar-refractivity contribution in [2.75, 3.05) is 6.61 Å². The van der Waals surface area contributed by atoms with Crippen LogP contribution in [0.5, 0.6) is 0 Å². The Morgan fingerprint density at radius 1 is 0.875 bits per heavy atom. The fourth-order valence-corrected chi connectivity index (χ4v) is 10.3. The molecule has 270 valence electrons. The van der Waals surface area contributed by atoms with Gasteiger partial charge in [0.1, 0.15) is 6.61 Å². The highest BCUT2D eigenvalue weighted by Crippen LogP contribution is 2.64. The van der Waals surface area contributed by atoms with Gasteiger partial charge in [-0.15, -0.1) is 0 Å². The maximum atomic E-state index is 15.3. The van der Waals surface area contributed by atoms with Crippen molar-refractivity contribution in [1.29, 1.82) is 0 Å². The molecule has 13 atom stereocenters. The van der Waals surface area contributed by atoms with Gasteiger partial charge in [-0.25, -0.2) is 24.5 Å². The van der Waals surface area contributed by atoms with Gasteiger partial charge in [0.15, 0.2) is 29.7 Å². The van der Waals surface area contributed by atoms with Crippen LogP contribution in [0.3, 0.4) is 0 Å². The van der Waals surface area contributed by atoms with Gasteiger partial charge in [-0.3, -0.25) is 0 Å². The lowest BCUT2D eigenvalue weighted by atomic mass is 9.59. The van der Waals surface area contributed by atoms with E-state index in [1.165, 1.54) is 13.8 Å². The molecule has 0 radical (unpaired) electrons. The summed E-state index contributed by atoms with van der Waals surface area (Å²) in [5.41, 5.74) is -6.05. The maximum Gasteiger partial charge on any atom is 0.449 e. The minimum Gasteiger partial charge on any atom is -0.477 e. The van der Waals surface area contributed by atoms with Crippen LogP contribution in [-0.2, 0) is 43.2 Å². The molecule has 16 heteroatoms. The number of hydrogen-bond donors (Lipinski definition) is 0. The molecule has 8 aliphatic heterocycles. The molecular weight excluding hydrogens is 656 g/mol. The molecule has 8 heterocycles. The van der Waals surface area contributed by atoms with Crippen molar-refractivity contribution in [2.24, 2.45) is 40.5 Å². The number of hydrogen-bond acceptors (Lipinski definition) is 10. The molecule has 3 unspecified atom stereocenters. The predicted octanol–water partition coefficient (Wildman–Crippen LogP) is 6.99. The molecule has 2 aliphatic carbocycles. The molecule has 0 amide bonds. The number of ether oxygens (including phenoxy) is 5. The largest absolute Gasteiger partial charge is 0.477 e. The van der Waals surface area contributed by atoms with Gasteiger partial charge in [-0.1, -0.05) is 20.3 Å². The summed E-state index contributed by atoms with van der Waals surface area (Å²) in [7, 11) is 0. The van der Waals surface area contributed by atoms with Crippen LogP contribution in [-0.4, -0.2) is 66.4 Å². The summed E-state index contributed by atoms with van der Waals surface area (Å²) in [5, 5.41) is 0. The van der Waals surface area contributed by atoms with Crippen molar-refractivity contribution in [2.45, 2.75) is 139 Å². The summed E-state index contributed by atoms with van der Waals surface area (Å²) in [4.78, 5) is 27.0. The standard InChI is InChI=1S/C32H41F6NO9/c1-15-8-9-22-19(24(31(33,34)35)42-25-29(22)20(15)10-11-23(41-25)45-47-29)14-40-17(3)39-30(32(36,37)38)16(2)21-7-5-6-18-12-13-27(4)43-26(44-30)28(18,21)48-46-27/h15-16,18,20-23,25-26H,5-14H2,1-4H3/b39-17-/t15-,16-,18?,20?,21+,22+,23-,25+,26+,27-,28?,29-,30-/m1/s1. The Hall–Kier alpha value is -1.69. The van der Waals surface area contributed by atoms with E-state index in [9.17, 15) is 13.2 Å². The van der Waals surface area contributed by atoms with E-state index in [4.69, 9.17) is 43.2 Å². The van der Waals surface area contributed by atoms with E-state index >= 15 is 13.2 Å². The van der Waals surface area contributed by atoms with Gasteiger partial charge in [-0.05, 0) is 57.3 Å². The predicted molar refractivity (Wildman–Crippen MR) is 149 cm³/mol. The lowest BCUT2D eigenvalue weighted by Gasteiger charge is -2.61. The zero-order valence-electron chi connectivity index (χ0n) is 27.2. The van der Waals surface area contributed by atoms with Crippen LogP contribution in [0.4, 0.5) is 26.3 Å². The van der Waals surface area contributed by atoms with Gasteiger partial charge in [0.05, 0.1) is 0 Å². The third kappa shape index (κ3) is 4.61. The quantitative estimate of drug-likeness (QED) is 0.134. The molecule has 10 aliphatic rings. The number of halogens is 6. The molecule has 0 N–H and O–H groups in total. The molecule has 0 aromatic heterocycles. The van der Waals surface area contributed by atoms with Gasteiger partial charge in [0, 0.05) is 49.0 Å². The summed E-state index contributed by atoms with van der Waals surface area (Å²) in [5.74, 6) is -6.31. The van der Waals surface area contributed by atoms with Crippen LogP contribution >= 0.6 is 0 Å². The zero-order valence-corrected chi connectivity index (χ0v) is 27.2. The molecule has 0 aromatic rings. The smallest absolute Gasteiger partial charge is 0.449 e. The first-order chi connectivity index (χ1) is 22.5. The van der Waals surface area contributed by atoms with Crippen LogP contribution in [0.15, 0.2) is 16.3 Å². The summed E-state index contributed by atoms with van der Waals surface area (Å²) >= 11 is 0. The first kappa shape index (κ1) is 33.5.